The molecule has 0 N–H and O–H groups in total. The number of para-hydroxylation sites is 1. The Bertz CT molecular complexity index is 2870. The zero-order valence-corrected chi connectivity index (χ0v) is 30.3. The maximum atomic E-state index is 6.78. The summed E-state index contributed by atoms with van der Waals surface area (Å²) >= 11 is 0. The van der Waals surface area contributed by atoms with Gasteiger partial charge in [0, 0.05) is 33.1 Å². The Hall–Kier alpha value is -6.64. The van der Waals surface area contributed by atoms with Gasteiger partial charge in [-0.3, -0.25) is 0 Å². The Labute approximate surface area is 315 Å². The first-order valence-corrected chi connectivity index (χ1v) is 18.9. The van der Waals surface area contributed by atoms with Crippen molar-refractivity contribution in [2.45, 2.75) is 24.7 Å². The van der Waals surface area contributed by atoms with E-state index in [0.717, 1.165) is 33.3 Å². The van der Waals surface area contributed by atoms with Crippen LogP contribution in [0.3, 0.4) is 0 Å². The zero-order valence-electron chi connectivity index (χ0n) is 30.3. The van der Waals surface area contributed by atoms with Gasteiger partial charge in [-0.2, -0.15) is 0 Å². The van der Waals surface area contributed by atoms with Gasteiger partial charge >= 0.3 is 0 Å². The first kappa shape index (κ1) is 30.9. The van der Waals surface area contributed by atoms with Crippen LogP contribution in [0, 0.1) is 0 Å². The predicted octanol–water partition coefficient (Wildman–Crippen LogP) is 13.7. The quantitative estimate of drug-likeness (QED) is 0.179. The lowest BCUT2D eigenvalue weighted by molar-refractivity contribution is 0.660. The van der Waals surface area contributed by atoms with E-state index in [1.165, 1.54) is 61.3 Å². The van der Waals surface area contributed by atoms with Crippen LogP contribution in [0.5, 0.6) is 0 Å². The molecule has 0 saturated carbocycles. The molecule has 0 amide bonds. The highest BCUT2D eigenvalue weighted by Gasteiger charge is 2.46. The van der Waals surface area contributed by atoms with E-state index in [9.17, 15) is 0 Å². The summed E-state index contributed by atoms with van der Waals surface area (Å²) in [7, 11) is 0. The number of fused-ring (bicyclic) bond motifs is 9. The largest absolute Gasteiger partial charge is 0.456 e. The van der Waals surface area contributed by atoms with Crippen molar-refractivity contribution in [2.75, 3.05) is 4.90 Å². The number of hydrogen-bond acceptors (Lipinski definition) is 2. The number of benzene rings is 8. The van der Waals surface area contributed by atoms with E-state index in [2.05, 4.69) is 207 Å². The molecule has 256 valence electrons. The average Bonchev–Trinajstić information content (AvgIpc) is 3.82. The van der Waals surface area contributed by atoms with Crippen LogP contribution in [-0.2, 0) is 10.8 Å². The Morgan fingerprint density at radius 3 is 1.74 bits per heavy atom. The van der Waals surface area contributed by atoms with Gasteiger partial charge in [0.1, 0.15) is 11.2 Å². The van der Waals surface area contributed by atoms with E-state index in [0.29, 0.717) is 0 Å². The normalized spacial score (nSPS) is 14.4. The van der Waals surface area contributed by atoms with Gasteiger partial charge in [0.05, 0.1) is 11.1 Å². The van der Waals surface area contributed by atoms with Gasteiger partial charge in [0.15, 0.2) is 0 Å². The standard InChI is InChI=1S/C52H37NO/c1-51(2)43-23-12-11-22-41(43)50-46(51)26-15-27-47(50)53(36-18-7-4-8-19-36)37-29-31-48-42(33-37)40-30-28-35(32-49(40)54-48)52(34-16-5-3-6-17-34)44-24-13-9-20-38(44)39-21-10-14-25-45(39)52/h3-33H,1-2H3. The molecule has 0 aliphatic heterocycles. The maximum Gasteiger partial charge on any atom is 0.135 e. The van der Waals surface area contributed by atoms with Gasteiger partial charge in [-0.1, -0.05) is 159 Å². The fraction of sp³-hybridized carbons (Fsp3) is 0.0769. The molecule has 54 heavy (non-hydrogen) atoms. The van der Waals surface area contributed by atoms with Crippen molar-refractivity contribution in [1.82, 2.24) is 0 Å². The predicted molar refractivity (Wildman–Crippen MR) is 223 cm³/mol. The molecule has 11 rings (SSSR count). The van der Waals surface area contributed by atoms with Crippen LogP contribution in [0.25, 0.3) is 44.2 Å². The molecule has 2 nitrogen and oxygen atoms in total. The summed E-state index contributed by atoms with van der Waals surface area (Å²) in [6.45, 7) is 4.69. The number of furan rings is 1. The summed E-state index contributed by atoms with van der Waals surface area (Å²) in [5, 5.41) is 2.21. The molecule has 0 fully saturated rings. The van der Waals surface area contributed by atoms with E-state index in [1.807, 2.05) is 0 Å². The third-order valence-corrected chi connectivity index (χ3v) is 12.1. The Morgan fingerprint density at radius 1 is 0.407 bits per heavy atom. The summed E-state index contributed by atoms with van der Waals surface area (Å²) in [5.41, 5.74) is 17.5. The van der Waals surface area contributed by atoms with Crippen LogP contribution in [0.2, 0.25) is 0 Å². The second-order valence-corrected chi connectivity index (χ2v) is 15.2. The van der Waals surface area contributed by atoms with Crippen LogP contribution in [-0.4, -0.2) is 0 Å². The summed E-state index contributed by atoms with van der Waals surface area (Å²) in [6.07, 6.45) is 0. The molecule has 1 aromatic heterocycles. The Kier molecular flexibility index (Phi) is 6.55. The van der Waals surface area contributed by atoms with Crippen molar-refractivity contribution in [2.24, 2.45) is 0 Å². The number of rotatable bonds is 5. The van der Waals surface area contributed by atoms with Gasteiger partial charge < -0.3 is 9.32 Å². The number of anilines is 3. The molecule has 9 aromatic rings. The second-order valence-electron chi connectivity index (χ2n) is 15.2. The molecule has 0 saturated heterocycles. The average molecular weight is 692 g/mol. The van der Waals surface area contributed by atoms with Crippen molar-refractivity contribution in [1.29, 1.82) is 0 Å². The molecule has 2 aliphatic carbocycles. The van der Waals surface area contributed by atoms with E-state index in [4.69, 9.17) is 4.42 Å². The van der Waals surface area contributed by atoms with Crippen LogP contribution < -0.4 is 4.90 Å². The number of nitrogens with zero attached hydrogens (tertiary/aromatic N) is 1. The topological polar surface area (TPSA) is 16.4 Å². The SMILES string of the molecule is CC1(C)c2ccccc2-c2c(N(c3ccccc3)c3ccc4oc5cc(C6(c7ccccc7)c7ccccc7-c7ccccc76)ccc5c4c3)cccc21. The van der Waals surface area contributed by atoms with Gasteiger partial charge in [-0.05, 0) is 92.5 Å². The molecule has 0 unspecified atom stereocenters. The molecular weight excluding hydrogens is 655 g/mol. The van der Waals surface area contributed by atoms with Gasteiger partial charge in [0.25, 0.3) is 0 Å². The lowest BCUT2D eigenvalue weighted by atomic mass is 9.67. The van der Waals surface area contributed by atoms with Gasteiger partial charge in [0.2, 0.25) is 0 Å². The van der Waals surface area contributed by atoms with Crippen LogP contribution in [0.1, 0.15) is 47.2 Å². The minimum absolute atomic E-state index is 0.0931. The summed E-state index contributed by atoms with van der Waals surface area (Å²) < 4.78 is 6.78. The fourth-order valence-corrected chi connectivity index (χ4v) is 9.78. The van der Waals surface area contributed by atoms with Crippen LogP contribution in [0.15, 0.2) is 192 Å². The van der Waals surface area contributed by atoms with Crippen LogP contribution in [0.4, 0.5) is 17.1 Å². The lowest BCUT2D eigenvalue weighted by Crippen LogP contribution is -2.28. The molecule has 0 atom stereocenters. The molecule has 1 heterocycles. The Balaban J connectivity index is 1.12. The van der Waals surface area contributed by atoms with Crippen molar-refractivity contribution in [3.05, 3.63) is 221 Å². The molecule has 0 bridgehead atoms. The number of hydrogen-bond donors (Lipinski definition) is 0. The summed E-state index contributed by atoms with van der Waals surface area (Å²) in [5.74, 6) is 0. The molecule has 0 spiro atoms. The lowest BCUT2D eigenvalue weighted by Gasteiger charge is -2.33. The monoisotopic (exact) mass is 691 g/mol. The van der Waals surface area contributed by atoms with E-state index in [1.54, 1.807) is 0 Å². The van der Waals surface area contributed by atoms with Crippen molar-refractivity contribution in [3.63, 3.8) is 0 Å². The highest BCUT2D eigenvalue weighted by Crippen LogP contribution is 2.57. The zero-order chi connectivity index (χ0) is 36.0. The molecule has 0 radical (unpaired) electrons. The first-order valence-electron chi connectivity index (χ1n) is 18.9. The third-order valence-electron chi connectivity index (χ3n) is 12.1. The maximum absolute atomic E-state index is 6.78. The van der Waals surface area contributed by atoms with E-state index < -0.39 is 5.41 Å². The van der Waals surface area contributed by atoms with E-state index in [-0.39, 0.29) is 5.41 Å². The molecule has 2 aliphatic rings. The minimum Gasteiger partial charge on any atom is -0.456 e. The van der Waals surface area contributed by atoms with Crippen molar-refractivity contribution < 1.29 is 4.42 Å². The van der Waals surface area contributed by atoms with E-state index >= 15 is 0 Å². The van der Waals surface area contributed by atoms with Crippen LogP contribution >= 0.6 is 0 Å². The molecule has 2 heteroatoms. The fourth-order valence-electron chi connectivity index (χ4n) is 9.78. The van der Waals surface area contributed by atoms with Gasteiger partial charge in [-0.15, -0.1) is 0 Å². The van der Waals surface area contributed by atoms with Crippen molar-refractivity contribution in [3.8, 4) is 22.3 Å². The summed E-state index contributed by atoms with van der Waals surface area (Å²) in [4.78, 5) is 2.42. The first-order chi connectivity index (χ1) is 26.5. The Morgan fingerprint density at radius 2 is 1.02 bits per heavy atom. The third kappa shape index (κ3) is 4.17. The second kappa shape index (κ2) is 11.4. The summed E-state index contributed by atoms with van der Waals surface area (Å²) in [6, 6.07) is 68.7. The minimum atomic E-state index is -0.478. The smallest absolute Gasteiger partial charge is 0.135 e. The van der Waals surface area contributed by atoms with Crippen molar-refractivity contribution >= 4 is 39.0 Å². The highest BCUT2D eigenvalue weighted by atomic mass is 16.3. The highest BCUT2D eigenvalue weighted by molar-refractivity contribution is 6.07. The van der Waals surface area contributed by atoms with Gasteiger partial charge in [-0.25, -0.2) is 0 Å². The molecular formula is C52H37NO. The molecule has 8 aromatic carbocycles.